The van der Waals surface area contributed by atoms with Crippen molar-refractivity contribution in [3.8, 4) is 5.69 Å². The molecule has 5 heteroatoms. The molecule has 0 aliphatic carbocycles. The molecule has 0 spiro atoms. The van der Waals surface area contributed by atoms with Gasteiger partial charge in [-0.2, -0.15) is 5.10 Å². The van der Waals surface area contributed by atoms with Crippen molar-refractivity contribution in [1.82, 2.24) is 14.7 Å². The Kier molecular flexibility index (Phi) is 5.37. The molecule has 1 aliphatic rings. The van der Waals surface area contributed by atoms with E-state index < -0.39 is 0 Å². The number of carbonyl (C=O) groups excluding carboxylic acids is 1. The van der Waals surface area contributed by atoms with Gasteiger partial charge in [-0.3, -0.25) is 9.69 Å². The second-order valence-corrected chi connectivity index (χ2v) is 7.50. The fourth-order valence-corrected chi connectivity index (χ4v) is 3.87. The number of ketones is 1. The molecule has 3 aromatic rings. The molecule has 0 amide bonds. The molecular weight excluding hydrogens is 358 g/mol. The van der Waals surface area contributed by atoms with Crippen LogP contribution in [-0.4, -0.2) is 33.6 Å². The molecule has 138 valence electrons. The van der Waals surface area contributed by atoms with Crippen LogP contribution in [0.4, 0.5) is 0 Å². The number of carbonyl (C=O) groups is 1. The van der Waals surface area contributed by atoms with Crippen molar-refractivity contribution in [2.45, 2.75) is 19.4 Å². The molecule has 0 bridgehead atoms. The first-order chi connectivity index (χ1) is 13.2. The number of likely N-dealkylation sites (tertiary alicyclic amines) is 1. The maximum absolute atomic E-state index is 12.8. The molecule has 0 N–H and O–H groups in total. The first kappa shape index (κ1) is 18.0. The molecule has 1 aliphatic heterocycles. The Bertz CT molecular complexity index is 906. The van der Waals surface area contributed by atoms with Gasteiger partial charge in [0, 0.05) is 42.0 Å². The lowest BCUT2D eigenvalue weighted by atomic mass is 9.90. The Hall–Kier alpha value is -2.43. The fraction of sp³-hybridized carbons (Fsp3) is 0.273. The minimum Gasteiger partial charge on any atom is -0.298 e. The Labute approximate surface area is 164 Å². The normalized spacial score (nSPS) is 17.7. The first-order valence-electron chi connectivity index (χ1n) is 9.30. The molecule has 2 heterocycles. The highest BCUT2D eigenvalue weighted by Gasteiger charge is 2.26. The van der Waals surface area contributed by atoms with Gasteiger partial charge >= 0.3 is 0 Å². The molecule has 4 nitrogen and oxygen atoms in total. The number of hydrogen-bond donors (Lipinski definition) is 0. The number of hydrogen-bond acceptors (Lipinski definition) is 3. The van der Waals surface area contributed by atoms with Crippen molar-refractivity contribution < 1.29 is 4.79 Å². The highest BCUT2D eigenvalue weighted by Crippen LogP contribution is 2.23. The van der Waals surface area contributed by atoms with Gasteiger partial charge in [-0.05, 0) is 67.4 Å². The second-order valence-electron chi connectivity index (χ2n) is 7.07. The Balaban J connectivity index is 1.43. The zero-order chi connectivity index (χ0) is 18.6. The number of halogens is 1. The first-order valence-corrected chi connectivity index (χ1v) is 9.68. The van der Waals surface area contributed by atoms with E-state index in [2.05, 4.69) is 34.3 Å². The van der Waals surface area contributed by atoms with E-state index in [1.54, 1.807) is 18.3 Å². The summed E-state index contributed by atoms with van der Waals surface area (Å²) in [5, 5.41) is 4.96. The summed E-state index contributed by atoms with van der Waals surface area (Å²) >= 11 is 5.94. The van der Waals surface area contributed by atoms with Crippen LogP contribution in [0.1, 0.15) is 28.8 Å². The van der Waals surface area contributed by atoms with Crippen LogP contribution < -0.4 is 0 Å². The van der Waals surface area contributed by atoms with Gasteiger partial charge in [-0.25, -0.2) is 4.68 Å². The summed E-state index contributed by atoms with van der Waals surface area (Å²) in [6.07, 6.45) is 5.72. The van der Waals surface area contributed by atoms with Crippen molar-refractivity contribution in [2.75, 3.05) is 13.1 Å². The number of benzene rings is 2. The van der Waals surface area contributed by atoms with E-state index in [4.69, 9.17) is 11.6 Å². The number of piperidine rings is 1. The van der Waals surface area contributed by atoms with Gasteiger partial charge in [0.2, 0.25) is 0 Å². The molecule has 27 heavy (non-hydrogen) atoms. The minimum atomic E-state index is 0.0502. The van der Waals surface area contributed by atoms with Crippen LogP contribution in [0.15, 0.2) is 67.0 Å². The topological polar surface area (TPSA) is 38.1 Å². The Morgan fingerprint density at radius 2 is 2.00 bits per heavy atom. The van der Waals surface area contributed by atoms with Gasteiger partial charge in [0.05, 0.1) is 5.69 Å². The third kappa shape index (κ3) is 4.29. The lowest BCUT2D eigenvalue weighted by molar-refractivity contribution is 0.0811. The van der Waals surface area contributed by atoms with E-state index in [1.165, 1.54) is 5.56 Å². The summed E-state index contributed by atoms with van der Waals surface area (Å²) in [4.78, 5) is 15.2. The van der Waals surface area contributed by atoms with Crippen LogP contribution in [0, 0.1) is 5.92 Å². The van der Waals surface area contributed by atoms with Gasteiger partial charge in [0.15, 0.2) is 5.78 Å². The molecule has 2 aromatic carbocycles. The standard InChI is InChI=1S/C22H22ClN3O/c23-20-9-7-18(8-10-20)22(27)19-5-2-12-25(16-19)15-17-4-1-6-21(14-17)26-13-3-11-24-26/h1,3-4,6-11,13-14,19H,2,5,12,15-16H2. The molecule has 1 atom stereocenters. The summed E-state index contributed by atoms with van der Waals surface area (Å²) in [5.74, 6) is 0.274. The van der Waals surface area contributed by atoms with E-state index in [0.717, 1.165) is 43.7 Å². The summed E-state index contributed by atoms with van der Waals surface area (Å²) in [7, 11) is 0. The molecule has 1 saturated heterocycles. The minimum absolute atomic E-state index is 0.0502. The molecule has 1 aromatic heterocycles. The third-order valence-electron chi connectivity index (χ3n) is 5.09. The lowest BCUT2D eigenvalue weighted by Crippen LogP contribution is -2.38. The van der Waals surface area contributed by atoms with Crippen LogP contribution >= 0.6 is 11.6 Å². The summed E-state index contributed by atoms with van der Waals surface area (Å²) < 4.78 is 1.87. The maximum atomic E-state index is 12.8. The summed E-state index contributed by atoms with van der Waals surface area (Å²) in [6, 6.07) is 17.6. The Morgan fingerprint density at radius 1 is 1.15 bits per heavy atom. The zero-order valence-corrected chi connectivity index (χ0v) is 15.8. The summed E-state index contributed by atoms with van der Waals surface area (Å²) in [5.41, 5.74) is 3.05. The fourth-order valence-electron chi connectivity index (χ4n) is 3.74. The van der Waals surface area contributed by atoms with Crippen LogP contribution in [0.25, 0.3) is 5.69 Å². The van der Waals surface area contributed by atoms with Crippen molar-refractivity contribution in [3.63, 3.8) is 0 Å². The summed E-state index contributed by atoms with van der Waals surface area (Å²) in [6.45, 7) is 2.67. The molecule has 1 unspecified atom stereocenters. The molecule has 1 fully saturated rings. The van der Waals surface area contributed by atoms with E-state index in [-0.39, 0.29) is 11.7 Å². The quantitative estimate of drug-likeness (QED) is 0.607. The predicted octanol–water partition coefficient (Wildman–Crippen LogP) is 4.62. The zero-order valence-electron chi connectivity index (χ0n) is 15.1. The van der Waals surface area contributed by atoms with Gasteiger partial charge in [0.1, 0.15) is 0 Å². The van der Waals surface area contributed by atoms with E-state index in [0.29, 0.717) is 5.02 Å². The van der Waals surface area contributed by atoms with E-state index in [1.807, 2.05) is 29.1 Å². The SMILES string of the molecule is O=C(c1ccc(Cl)cc1)C1CCCN(Cc2cccc(-n3cccn3)c2)C1. The predicted molar refractivity (Wildman–Crippen MR) is 107 cm³/mol. The van der Waals surface area contributed by atoms with Crippen molar-refractivity contribution in [2.24, 2.45) is 5.92 Å². The van der Waals surface area contributed by atoms with Crippen LogP contribution in [0.2, 0.25) is 5.02 Å². The molecule has 0 radical (unpaired) electrons. The Morgan fingerprint density at radius 3 is 2.78 bits per heavy atom. The van der Waals surface area contributed by atoms with E-state index in [9.17, 15) is 4.79 Å². The average molecular weight is 380 g/mol. The maximum Gasteiger partial charge on any atom is 0.167 e. The van der Waals surface area contributed by atoms with E-state index >= 15 is 0 Å². The van der Waals surface area contributed by atoms with Crippen LogP contribution in [-0.2, 0) is 6.54 Å². The number of rotatable bonds is 5. The van der Waals surface area contributed by atoms with Gasteiger partial charge in [-0.15, -0.1) is 0 Å². The highest BCUT2D eigenvalue weighted by molar-refractivity contribution is 6.30. The van der Waals surface area contributed by atoms with Crippen molar-refractivity contribution in [1.29, 1.82) is 0 Å². The van der Waals surface area contributed by atoms with Gasteiger partial charge in [-0.1, -0.05) is 23.7 Å². The smallest absolute Gasteiger partial charge is 0.167 e. The second kappa shape index (κ2) is 8.07. The molecular formula is C22H22ClN3O. The largest absolute Gasteiger partial charge is 0.298 e. The van der Waals surface area contributed by atoms with Gasteiger partial charge in [0.25, 0.3) is 0 Å². The number of aromatic nitrogens is 2. The highest BCUT2D eigenvalue weighted by atomic mass is 35.5. The monoisotopic (exact) mass is 379 g/mol. The van der Waals surface area contributed by atoms with Crippen molar-refractivity contribution >= 4 is 17.4 Å². The van der Waals surface area contributed by atoms with Crippen LogP contribution in [0.3, 0.4) is 0 Å². The molecule has 0 saturated carbocycles. The average Bonchev–Trinajstić information content (AvgIpc) is 3.23. The van der Waals surface area contributed by atoms with Crippen molar-refractivity contribution in [3.05, 3.63) is 83.1 Å². The molecule has 4 rings (SSSR count). The number of Topliss-reactive ketones (excluding diaryl/α,β-unsaturated/α-hetero) is 1. The van der Waals surface area contributed by atoms with Gasteiger partial charge < -0.3 is 0 Å². The number of nitrogens with zero attached hydrogens (tertiary/aromatic N) is 3. The lowest BCUT2D eigenvalue weighted by Gasteiger charge is -2.32. The third-order valence-corrected chi connectivity index (χ3v) is 5.34. The van der Waals surface area contributed by atoms with Crippen LogP contribution in [0.5, 0.6) is 0 Å².